The third-order valence-corrected chi connectivity index (χ3v) is 3.28. The van der Waals surface area contributed by atoms with Crippen molar-refractivity contribution >= 4 is 17.6 Å². The summed E-state index contributed by atoms with van der Waals surface area (Å²) in [5, 5.41) is 9.63. The van der Waals surface area contributed by atoms with E-state index in [1.54, 1.807) is 18.2 Å². The van der Waals surface area contributed by atoms with Crippen LogP contribution in [0.5, 0.6) is 0 Å². The van der Waals surface area contributed by atoms with E-state index in [0.717, 1.165) is 18.7 Å². The second-order valence-corrected chi connectivity index (χ2v) is 4.46. The van der Waals surface area contributed by atoms with Gasteiger partial charge in [-0.25, -0.2) is 4.79 Å². The Morgan fingerprint density at radius 1 is 1.38 bits per heavy atom. The molecular weight excluding hydrogens is 226 g/mol. The molecule has 1 aliphatic rings. The van der Waals surface area contributed by atoms with Gasteiger partial charge >= 0.3 is 5.97 Å². The van der Waals surface area contributed by atoms with E-state index in [0.29, 0.717) is 17.1 Å². The summed E-state index contributed by atoms with van der Waals surface area (Å²) in [5.74, 6) is -0.906. The second-order valence-electron chi connectivity index (χ2n) is 4.05. The van der Waals surface area contributed by atoms with E-state index in [2.05, 4.69) is 4.90 Å². The van der Waals surface area contributed by atoms with Crippen LogP contribution in [0.2, 0.25) is 5.02 Å². The number of benzene rings is 1. The third kappa shape index (κ3) is 2.36. The maximum Gasteiger partial charge on any atom is 0.336 e. The standard InChI is InChI=1S/C12H14ClNO2/c13-11-5-3-4-9(12(15)16)10(11)8-14-6-1-2-7-14/h3-5H,1-2,6-8H2,(H,15,16). The molecule has 0 saturated carbocycles. The van der Waals surface area contributed by atoms with Crippen molar-refractivity contribution < 1.29 is 9.90 Å². The number of hydrogen-bond donors (Lipinski definition) is 1. The molecule has 1 heterocycles. The van der Waals surface area contributed by atoms with E-state index in [4.69, 9.17) is 16.7 Å². The highest BCUT2D eigenvalue weighted by Gasteiger charge is 2.18. The summed E-state index contributed by atoms with van der Waals surface area (Å²) in [6, 6.07) is 5.04. The van der Waals surface area contributed by atoms with Crippen molar-refractivity contribution in [2.45, 2.75) is 19.4 Å². The van der Waals surface area contributed by atoms with Gasteiger partial charge in [-0.1, -0.05) is 17.7 Å². The fraction of sp³-hybridized carbons (Fsp3) is 0.417. The topological polar surface area (TPSA) is 40.5 Å². The first-order valence-electron chi connectivity index (χ1n) is 5.41. The normalized spacial score (nSPS) is 16.6. The molecule has 1 fully saturated rings. The minimum Gasteiger partial charge on any atom is -0.478 e. The molecule has 0 aromatic heterocycles. The summed E-state index contributed by atoms with van der Waals surface area (Å²) in [7, 11) is 0. The maximum absolute atomic E-state index is 11.1. The summed E-state index contributed by atoms with van der Waals surface area (Å²) in [6.07, 6.45) is 2.37. The van der Waals surface area contributed by atoms with Gasteiger partial charge in [0.1, 0.15) is 0 Å². The van der Waals surface area contributed by atoms with Crippen molar-refractivity contribution in [3.05, 3.63) is 34.3 Å². The number of carboxylic acid groups (broad SMARTS) is 1. The van der Waals surface area contributed by atoms with Crippen LogP contribution in [0.15, 0.2) is 18.2 Å². The minimum absolute atomic E-state index is 0.319. The number of carbonyl (C=O) groups is 1. The van der Waals surface area contributed by atoms with Gasteiger partial charge in [-0.05, 0) is 43.6 Å². The zero-order valence-electron chi connectivity index (χ0n) is 8.95. The van der Waals surface area contributed by atoms with Crippen LogP contribution < -0.4 is 0 Å². The van der Waals surface area contributed by atoms with Crippen LogP contribution in [0.1, 0.15) is 28.8 Å². The minimum atomic E-state index is -0.906. The van der Waals surface area contributed by atoms with Gasteiger partial charge in [-0.3, -0.25) is 4.90 Å². The Morgan fingerprint density at radius 2 is 2.06 bits per heavy atom. The number of rotatable bonds is 3. The lowest BCUT2D eigenvalue weighted by Gasteiger charge is -2.17. The van der Waals surface area contributed by atoms with Gasteiger partial charge < -0.3 is 5.11 Å². The first kappa shape index (κ1) is 11.4. The average molecular weight is 240 g/mol. The highest BCUT2D eigenvalue weighted by Crippen LogP contribution is 2.23. The fourth-order valence-electron chi connectivity index (χ4n) is 2.08. The molecule has 16 heavy (non-hydrogen) atoms. The molecule has 0 amide bonds. The Balaban J connectivity index is 2.26. The van der Waals surface area contributed by atoms with E-state index in [1.807, 2.05) is 0 Å². The van der Waals surface area contributed by atoms with Gasteiger partial charge in [0.25, 0.3) is 0 Å². The molecule has 1 aliphatic heterocycles. The van der Waals surface area contributed by atoms with Gasteiger partial charge in [-0.15, -0.1) is 0 Å². The van der Waals surface area contributed by atoms with Crippen LogP contribution in [0.3, 0.4) is 0 Å². The Labute approximate surface area is 99.6 Å². The highest BCUT2D eigenvalue weighted by molar-refractivity contribution is 6.31. The van der Waals surface area contributed by atoms with E-state index >= 15 is 0 Å². The molecule has 0 bridgehead atoms. The zero-order valence-corrected chi connectivity index (χ0v) is 9.70. The molecule has 4 heteroatoms. The molecule has 86 valence electrons. The molecule has 0 radical (unpaired) electrons. The molecule has 1 saturated heterocycles. The summed E-state index contributed by atoms with van der Waals surface area (Å²) < 4.78 is 0. The summed E-state index contributed by atoms with van der Waals surface area (Å²) in [6.45, 7) is 2.70. The number of halogens is 1. The molecule has 0 unspecified atom stereocenters. The van der Waals surface area contributed by atoms with Crippen LogP contribution >= 0.6 is 11.6 Å². The number of carboxylic acids is 1. The van der Waals surface area contributed by atoms with Gasteiger partial charge in [0.05, 0.1) is 5.56 Å². The van der Waals surface area contributed by atoms with Crippen LogP contribution in [0, 0.1) is 0 Å². The first-order chi connectivity index (χ1) is 7.68. The van der Waals surface area contributed by atoms with Crippen LogP contribution in [-0.2, 0) is 6.54 Å². The molecule has 1 aromatic rings. The van der Waals surface area contributed by atoms with Crippen LogP contribution in [0.4, 0.5) is 0 Å². The number of nitrogens with zero attached hydrogens (tertiary/aromatic N) is 1. The molecule has 0 aliphatic carbocycles. The quantitative estimate of drug-likeness (QED) is 0.882. The lowest BCUT2D eigenvalue weighted by molar-refractivity contribution is 0.0694. The summed E-state index contributed by atoms with van der Waals surface area (Å²) in [5.41, 5.74) is 1.05. The van der Waals surface area contributed by atoms with E-state index in [9.17, 15) is 4.79 Å². The molecule has 0 spiro atoms. The molecule has 1 aromatic carbocycles. The molecule has 0 atom stereocenters. The van der Waals surface area contributed by atoms with Crippen molar-refractivity contribution in [2.24, 2.45) is 0 Å². The summed E-state index contributed by atoms with van der Waals surface area (Å²) in [4.78, 5) is 13.3. The number of likely N-dealkylation sites (tertiary alicyclic amines) is 1. The van der Waals surface area contributed by atoms with Crippen LogP contribution in [0.25, 0.3) is 0 Å². The van der Waals surface area contributed by atoms with E-state index in [1.165, 1.54) is 12.8 Å². The Morgan fingerprint density at radius 3 is 2.69 bits per heavy atom. The highest BCUT2D eigenvalue weighted by atomic mass is 35.5. The van der Waals surface area contributed by atoms with Gasteiger partial charge in [-0.2, -0.15) is 0 Å². The van der Waals surface area contributed by atoms with E-state index in [-0.39, 0.29) is 0 Å². The van der Waals surface area contributed by atoms with Gasteiger partial charge in [0.2, 0.25) is 0 Å². The van der Waals surface area contributed by atoms with Crippen molar-refractivity contribution in [1.29, 1.82) is 0 Å². The molecule has 1 N–H and O–H groups in total. The average Bonchev–Trinajstić information content (AvgIpc) is 2.73. The SMILES string of the molecule is O=C(O)c1cccc(Cl)c1CN1CCCC1. The lowest BCUT2D eigenvalue weighted by atomic mass is 10.1. The second kappa shape index (κ2) is 4.85. The molecule has 2 rings (SSSR count). The maximum atomic E-state index is 11.1. The van der Waals surface area contributed by atoms with Crippen molar-refractivity contribution in [3.63, 3.8) is 0 Å². The van der Waals surface area contributed by atoms with Crippen molar-refractivity contribution in [3.8, 4) is 0 Å². The Kier molecular flexibility index (Phi) is 3.46. The monoisotopic (exact) mass is 239 g/mol. The number of hydrogen-bond acceptors (Lipinski definition) is 2. The molecular formula is C12H14ClNO2. The van der Waals surface area contributed by atoms with Gasteiger partial charge in [0, 0.05) is 11.6 Å². The van der Waals surface area contributed by atoms with E-state index < -0.39 is 5.97 Å². The molecule has 3 nitrogen and oxygen atoms in total. The summed E-state index contributed by atoms with van der Waals surface area (Å²) >= 11 is 6.06. The van der Waals surface area contributed by atoms with Crippen LogP contribution in [-0.4, -0.2) is 29.1 Å². The third-order valence-electron chi connectivity index (χ3n) is 2.93. The Bertz CT molecular complexity index is 400. The largest absolute Gasteiger partial charge is 0.478 e. The van der Waals surface area contributed by atoms with Crippen molar-refractivity contribution in [2.75, 3.05) is 13.1 Å². The first-order valence-corrected chi connectivity index (χ1v) is 5.79. The smallest absolute Gasteiger partial charge is 0.336 e. The predicted octanol–water partition coefficient (Wildman–Crippen LogP) is 2.63. The fourth-order valence-corrected chi connectivity index (χ4v) is 2.32. The lowest BCUT2D eigenvalue weighted by Crippen LogP contribution is -2.20. The van der Waals surface area contributed by atoms with Crippen molar-refractivity contribution in [1.82, 2.24) is 4.90 Å². The number of aromatic carboxylic acids is 1. The van der Waals surface area contributed by atoms with Gasteiger partial charge in [0.15, 0.2) is 0 Å². The Hall–Kier alpha value is -1.06. The zero-order chi connectivity index (χ0) is 11.5. The predicted molar refractivity (Wildman–Crippen MR) is 62.9 cm³/mol.